The molecule has 0 spiro atoms. The smallest absolute Gasteiger partial charge is 0.166 e. The summed E-state index contributed by atoms with van der Waals surface area (Å²) in [5.41, 5.74) is 6.67. The minimum absolute atomic E-state index is 0.162. The van der Waals surface area contributed by atoms with Crippen LogP contribution in [0.15, 0.2) is 23.4 Å². The average molecular weight is 238 g/mol. The van der Waals surface area contributed by atoms with Crippen LogP contribution < -0.4 is 5.73 Å². The van der Waals surface area contributed by atoms with Crippen LogP contribution in [-0.4, -0.2) is 21.6 Å². The number of thioether (sulfide) groups is 1. The summed E-state index contributed by atoms with van der Waals surface area (Å²) in [5.74, 6) is 0.573. The highest BCUT2D eigenvalue weighted by Gasteiger charge is 2.04. The number of rotatable bonds is 4. The normalized spacial score (nSPS) is 10.8. The minimum atomic E-state index is -0.281. The molecule has 0 fully saturated rings. The third kappa shape index (κ3) is 2.52. The Balaban J connectivity index is 2.10. The predicted molar refractivity (Wildman–Crippen MR) is 63.3 cm³/mol. The third-order valence-corrected chi connectivity index (χ3v) is 2.91. The van der Waals surface area contributed by atoms with Gasteiger partial charge >= 0.3 is 0 Å². The van der Waals surface area contributed by atoms with Crippen LogP contribution in [0.2, 0.25) is 0 Å². The van der Waals surface area contributed by atoms with E-state index < -0.39 is 0 Å². The molecule has 1 aromatic carbocycles. The second kappa shape index (κ2) is 4.52. The molecule has 0 atom stereocenters. The lowest BCUT2D eigenvalue weighted by Gasteiger charge is -1.95. The average Bonchev–Trinajstić information content (AvgIpc) is 2.58. The first-order chi connectivity index (χ1) is 7.65. The van der Waals surface area contributed by atoms with Gasteiger partial charge in [0.15, 0.2) is 5.16 Å². The van der Waals surface area contributed by atoms with Crippen molar-refractivity contribution >= 4 is 28.6 Å². The van der Waals surface area contributed by atoms with E-state index in [1.54, 1.807) is 6.07 Å². The molecule has 0 saturated carbocycles. The van der Waals surface area contributed by atoms with Crippen molar-refractivity contribution in [3.63, 3.8) is 0 Å². The van der Waals surface area contributed by atoms with Crippen molar-refractivity contribution in [1.82, 2.24) is 9.97 Å². The Hall–Kier alpha value is -1.56. The zero-order valence-corrected chi connectivity index (χ0v) is 9.27. The highest BCUT2D eigenvalue weighted by molar-refractivity contribution is 7.99. The molecule has 0 unspecified atom stereocenters. The van der Waals surface area contributed by atoms with Crippen molar-refractivity contribution < 1.29 is 4.39 Å². The predicted octanol–water partition coefficient (Wildman–Crippen LogP) is 2.12. The van der Waals surface area contributed by atoms with Crippen LogP contribution in [0.5, 0.6) is 0 Å². The van der Waals surface area contributed by atoms with Gasteiger partial charge in [-0.2, -0.15) is 0 Å². The Morgan fingerprint density at radius 2 is 2.38 bits per heavy atom. The number of hydrogen-bond donors (Lipinski definition) is 3. The maximum absolute atomic E-state index is 12.9. The number of nitrogens with two attached hydrogens (primary N) is 1. The molecule has 2 rings (SSSR count). The summed E-state index contributed by atoms with van der Waals surface area (Å²) in [6, 6.07) is 4.43. The van der Waals surface area contributed by atoms with Gasteiger partial charge in [0.25, 0.3) is 0 Å². The van der Waals surface area contributed by atoms with Gasteiger partial charge in [-0.15, -0.1) is 0 Å². The number of nitrogens with zero attached hydrogens (tertiary/aromatic N) is 1. The fraction of sp³-hybridized carbons (Fsp3) is 0.200. The first-order valence-electron chi connectivity index (χ1n) is 4.76. The molecule has 2 aromatic rings. The van der Waals surface area contributed by atoms with E-state index in [0.717, 1.165) is 10.7 Å². The topological polar surface area (TPSA) is 78.6 Å². The van der Waals surface area contributed by atoms with Gasteiger partial charge in [-0.3, -0.25) is 5.41 Å². The van der Waals surface area contributed by atoms with Gasteiger partial charge in [-0.25, -0.2) is 9.37 Å². The number of hydrogen-bond acceptors (Lipinski definition) is 3. The summed E-state index contributed by atoms with van der Waals surface area (Å²) in [7, 11) is 0. The van der Waals surface area contributed by atoms with Crippen LogP contribution in [0.4, 0.5) is 4.39 Å². The fourth-order valence-electron chi connectivity index (χ4n) is 1.28. The Morgan fingerprint density at radius 3 is 3.12 bits per heavy atom. The van der Waals surface area contributed by atoms with Crippen molar-refractivity contribution in [3.05, 3.63) is 24.0 Å². The number of aromatic nitrogens is 2. The fourth-order valence-corrected chi connectivity index (χ4v) is 2.14. The maximum atomic E-state index is 12.9. The van der Waals surface area contributed by atoms with Gasteiger partial charge in [-0.1, -0.05) is 11.8 Å². The molecule has 0 aliphatic carbocycles. The zero-order chi connectivity index (χ0) is 11.5. The summed E-state index contributed by atoms with van der Waals surface area (Å²) >= 11 is 1.47. The van der Waals surface area contributed by atoms with E-state index in [0.29, 0.717) is 17.7 Å². The molecule has 84 valence electrons. The molecule has 0 aliphatic rings. The van der Waals surface area contributed by atoms with Crippen molar-refractivity contribution in [2.45, 2.75) is 11.6 Å². The zero-order valence-electron chi connectivity index (χ0n) is 8.46. The maximum Gasteiger partial charge on any atom is 0.166 e. The number of halogens is 1. The van der Waals surface area contributed by atoms with E-state index in [-0.39, 0.29) is 11.7 Å². The van der Waals surface area contributed by atoms with E-state index >= 15 is 0 Å². The summed E-state index contributed by atoms with van der Waals surface area (Å²) in [6.07, 6.45) is 0.524. The van der Waals surface area contributed by atoms with Crippen LogP contribution in [0.3, 0.4) is 0 Å². The van der Waals surface area contributed by atoms with Gasteiger partial charge in [0.05, 0.1) is 16.9 Å². The number of benzene rings is 1. The molecule has 1 aromatic heterocycles. The summed E-state index contributed by atoms with van der Waals surface area (Å²) < 4.78 is 12.9. The number of fused-ring (bicyclic) bond motifs is 1. The molecule has 16 heavy (non-hydrogen) atoms. The third-order valence-electron chi connectivity index (χ3n) is 2.03. The molecular weight excluding hydrogens is 227 g/mol. The number of amidine groups is 1. The van der Waals surface area contributed by atoms with Gasteiger partial charge in [0, 0.05) is 12.2 Å². The second-order valence-electron chi connectivity index (χ2n) is 3.33. The van der Waals surface area contributed by atoms with E-state index in [2.05, 4.69) is 9.97 Å². The molecule has 1 heterocycles. The molecule has 4 N–H and O–H groups in total. The largest absolute Gasteiger partial charge is 0.388 e. The van der Waals surface area contributed by atoms with E-state index in [4.69, 9.17) is 11.1 Å². The van der Waals surface area contributed by atoms with Crippen molar-refractivity contribution in [2.24, 2.45) is 5.73 Å². The van der Waals surface area contributed by atoms with E-state index in [1.807, 2.05) is 0 Å². The van der Waals surface area contributed by atoms with Crippen molar-refractivity contribution in [2.75, 3.05) is 5.75 Å². The van der Waals surface area contributed by atoms with Crippen LogP contribution in [0, 0.1) is 11.2 Å². The molecule has 0 amide bonds. The van der Waals surface area contributed by atoms with Gasteiger partial charge in [0.1, 0.15) is 5.82 Å². The van der Waals surface area contributed by atoms with Gasteiger partial charge in [0.2, 0.25) is 0 Å². The summed E-state index contributed by atoms with van der Waals surface area (Å²) in [4.78, 5) is 7.29. The number of H-pyrrole nitrogens is 1. The summed E-state index contributed by atoms with van der Waals surface area (Å²) in [6.45, 7) is 0. The van der Waals surface area contributed by atoms with Gasteiger partial charge in [-0.05, 0) is 18.2 Å². The van der Waals surface area contributed by atoms with Crippen LogP contribution >= 0.6 is 11.8 Å². The Morgan fingerprint density at radius 1 is 1.56 bits per heavy atom. The monoisotopic (exact) mass is 238 g/mol. The molecular formula is C10H11FN4S. The summed E-state index contributed by atoms with van der Waals surface area (Å²) in [5, 5.41) is 7.80. The van der Waals surface area contributed by atoms with Crippen molar-refractivity contribution in [3.8, 4) is 0 Å². The Bertz CT molecular complexity index is 523. The lowest BCUT2D eigenvalue weighted by Crippen LogP contribution is -2.09. The van der Waals surface area contributed by atoms with Gasteiger partial charge < -0.3 is 10.7 Å². The first kappa shape index (κ1) is 10.9. The number of aromatic amines is 1. The molecule has 0 aliphatic heterocycles. The molecule has 0 bridgehead atoms. The van der Waals surface area contributed by atoms with Crippen molar-refractivity contribution in [1.29, 1.82) is 5.41 Å². The quantitative estimate of drug-likeness (QED) is 0.433. The van der Waals surface area contributed by atoms with Crippen LogP contribution in [0.25, 0.3) is 11.0 Å². The van der Waals surface area contributed by atoms with Crippen LogP contribution in [-0.2, 0) is 0 Å². The second-order valence-corrected chi connectivity index (χ2v) is 4.41. The molecule has 0 saturated heterocycles. The highest BCUT2D eigenvalue weighted by Crippen LogP contribution is 2.20. The lowest BCUT2D eigenvalue weighted by atomic mass is 10.3. The number of nitrogens with one attached hydrogen (secondary N) is 2. The first-order valence-corrected chi connectivity index (χ1v) is 5.74. The highest BCUT2D eigenvalue weighted by atomic mass is 32.2. The molecule has 6 heteroatoms. The minimum Gasteiger partial charge on any atom is -0.388 e. The SMILES string of the molecule is N=C(N)CCSc1nc2ccc(F)cc2[nH]1. The van der Waals surface area contributed by atoms with E-state index in [1.165, 1.54) is 23.9 Å². The molecule has 4 nitrogen and oxygen atoms in total. The number of imidazole rings is 1. The standard InChI is InChI=1S/C10H11FN4S/c11-6-1-2-7-8(5-6)15-10(14-7)16-4-3-9(12)13/h1-2,5H,3-4H2,(H3,12,13)(H,14,15). The lowest BCUT2D eigenvalue weighted by molar-refractivity contribution is 0.629. The Labute approximate surface area is 96.0 Å². The Kier molecular flexibility index (Phi) is 3.09. The molecule has 0 radical (unpaired) electrons. The van der Waals surface area contributed by atoms with Crippen LogP contribution in [0.1, 0.15) is 6.42 Å². The van der Waals surface area contributed by atoms with E-state index in [9.17, 15) is 4.39 Å².